The summed E-state index contributed by atoms with van der Waals surface area (Å²) in [6, 6.07) is 18.1. The Morgan fingerprint density at radius 2 is 1.74 bits per heavy atom. The number of para-hydroxylation sites is 1. The van der Waals surface area contributed by atoms with Gasteiger partial charge in [-0.15, -0.1) is 0 Å². The number of hydrogen-bond acceptors (Lipinski definition) is 4. The summed E-state index contributed by atoms with van der Waals surface area (Å²) in [7, 11) is 1.52. The number of nitrogens with zero attached hydrogens (tertiary/aromatic N) is 2. The van der Waals surface area contributed by atoms with Gasteiger partial charge in [0, 0.05) is 18.1 Å². The Balaban J connectivity index is 2.10. The van der Waals surface area contributed by atoms with E-state index in [0.717, 1.165) is 10.8 Å². The Bertz CT molecular complexity index is 889. The van der Waals surface area contributed by atoms with Crippen molar-refractivity contribution >= 4 is 28.1 Å². The zero-order chi connectivity index (χ0) is 16.2. The van der Waals surface area contributed by atoms with Crippen LogP contribution in [-0.2, 0) is 0 Å². The number of phenols is 1. The predicted octanol–water partition coefficient (Wildman–Crippen LogP) is 4.51. The number of aromatic hydroxyl groups is 1. The minimum atomic E-state index is -0.396. The van der Waals surface area contributed by atoms with E-state index in [-0.39, 0.29) is 11.3 Å². The number of carbonyl (C=O) groups excluding carboxylic acids is 1. The van der Waals surface area contributed by atoms with Crippen LogP contribution < -0.4 is 5.32 Å². The maximum Gasteiger partial charge on any atom is 0.259 e. The summed E-state index contributed by atoms with van der Waals surface area (Å²) in [6.07, 6.45) is 0. The second kappa shape index (κ2) is 6.27. The summed E-state index contributed by atoms with van der Waals surface area (Å²) in [6.45, 7) is 0. The second-order valence-corrected chi connectivity index (χ2v) is 4.96. The molecule has 0 radical (unpaired) electrons. The molecule has 0 saturated carbocycles. The smallest absolute Gasteiger partial charge is 0.259 e. The van der Waals surface area contributed by atoms with E-state index in [1.807, 2.05) is 42.5 Å². The van der Waals surface area contributed by atoms with Crippen molar-refractivity contribution in [1.29, 1.82) is 0 Å². The molecule has 1 amide bonds. The normalized spacial score (nSPS) is 11.0. The molecule has 23 heavy (non-hydrogen) atoms. The van der Waals surface area contributed by atoms with Crippen LogP contribution in [0.1, 0.15) is 10.4 Å². The van der Waals surface area contributed by atoms with E-state index in [1.165, 1.54) is 7.05 Å². The van der Waals surface area contributed by atoms with Crippen LogP contribution in [0.4, 0.5) is 11.4 Å². The van der Waals surface area contributed by atoms with Crippen LogP contribution in [0.3, 0.4) is 0 Å². The van der Waals surface area contributed by atoms with Gasteiger partial charge in [-0.1, -0.05) is 42.5 Å². The highest BCUT2D eigenvalue weighted by atomic mass is 16.3. The minimum Gasteiger partial charge on any atom is -0.505 e. The van der Waals surface area contributed by atoms with Crippen LogP contribution in [0.15, 0.2) is 70.9 Å². The van der Waals surface area contributed by atoms with Gasteiger partial charge in [-0.25, -0.2) is 0 Å². The average molecular weight is 305 g/mol. The number of amides is 1. The van der Waals surface area contributed by atoms with Gasteiger partial charge in [0.05, 0.1) is 5.56 Å². The van der Waals surface area contributed by atoms with Gasteiger partial charge >= 0.3 is 0 Å². The maximum absolute atomic E-state index is 12.5. The van der Waals surface area contributed by atoms with Crippen molar-refractivity contribution in [2.24, 2.45) is 10.2 Å². The van der Waals surface area contributed by atoms with E-state index < -0.39 is 5.91 Å². The van der Waals surface area contributed by atoms with Gasteiger partial charge in [-0.05, 0) is 23.6 Å². The monoisotopic (exact) mass is 305 g/mol. The Labute approximate surface area is 133 Å². The third-order valence-corrected chi connectivity index (χ3v) is 3.47. The Kier molecular flexibility index (Phi) is 4.01. The molecule has 0 aliphatic carbocycles. The predicted molar refractivity (Wildman–Crippen MR) is 90.4 cm³/mol. The highest BCUT2D eigenvalue weighted by molar-refractivity contribution is 6.11. The number of fused-ring (bicyclic) bond motifs is 1. The van der Waals surface area contributed by atoms with Crippen LogP contribution in [0.25, 0.3) is 10.8 Å². The Morgan fingerprint density at radius 3 is 2.48 bits per heavy atom. The molecule has 114 valence electrons. The molecule has 3 rings (SSSR count). The highest BCUT2D eigenvalue weighted by Crippen LogP contribution is 2.38. The van der Waals surface area contributed by atoms with E-state index in [4.69, 9.17) is 0 Å². The lowest BCUT2D eigenvalue weighted by Gasteiger charge is -2.11. The van der Waals surface area contributed by atoms with Gasteiger partial charge in [0.2, 0.25) is 0 Å². The number of benzene rings is 3. The average Bonchev–Trinajstić information content (AvgIpc) is 2.58. The van der Waals surface area contributed by atoms with Gasteiger partial charge in [0.15, 0.2) is 5.75 Å². The van der Waals surface area contributed by atoms with Gasteiger partial charge in [-0.3, -0.25) is 4.79 Å². The van der Waals surface area contributed by atoms with Crippen molar-refractivity contribution in [2.75, 3.05) is 12.4 Å². The van der Waals surface area contributed by atoms with Crippen molar-refractivity contribution in [1.82, 2.24) is 0 Å². The zero-order valence-electron chi connectivity index (χ0n) is 12.5. The second-order valence-electron chi connectivity index (χ2n) is 4.96. The number of azo groups is 1. The molecular weight excluding hydrogens is 290 g/mol. The first-order valence-corrected chi connectivity index (χ1v) is 7.11. The molecule has 0 bridgehead atoms. The molecule has 5 nitrogen and oxygen atoms in total. The van der Waals surface area contributed by atoms with E-state index in [2.05, 4.69) is 15.5 Å². The van der Waals surface area contributed by atoms with Crippen molar-refractivity contribution in [3.05, 3.63) is 66.2 Å². The fraction of sp³-hybridized carbons (Fsp3) is 0.0556. The SMILES string of the molecule is CN=Nc1c(O)c(C(=O)Nc2ccccc2)cc2ccccc12. The molecule has 0 heterocycles. The summed E-state index contributed by atoms with van der Waals surface area (Å²) in [5.41, 5.74) is 1.11. The van der Waals surface area contributed by atoms with Crippen LogP contribution in [-0.4, -0.2) is 18.1 Å². The number of hydrogen-bond donors (Lipinski definition) is 2. The summed E-state index contributed by atoms with van der Waals surface area (Å²) >= 11 is 0. The van der Waals surface area contributed by atoms with Gasteiger partial charge in [-0.2, -0.15) is 10.2 Å². The molecule has 0 spiro atoms. The Hall–Kier alpha value is -3.21. The van der Waals surface area contributed by atoms with Crippen LogP contribution in [0.2, 0.25) is 0 Å². The molecule has 3 aromatic carbocycles. The molecule has 0 fully saturated rings. The van der Waals surface area contributed by atoms with Gasteiger partial charge in [0.1, 0.15) is 5.69 Å². The van der Waals surface area contributed by atoms with Crippen molar-refractivity contribution in [2.45, 2.75) is 0 Å². The summed E-state index contributed by atoms with van der Waals surface area (Å²) in [4.78, 5) is 12.5. The molecular formula is C18H15N3O2. The first-order valence-electron chi connectivity index (χ1n) is 7.11. The topological polar surface area (TPSA) is 74.0 Å². The highest BCUT2D eigenvalue weighted by Gasteiger charge is 2.18. The number of rotatable bonds is 3. The van der Waals surface area contributed by atoms with Gasteiger partial charge < -0.3 is 10.4 Å². The number of carbonyl (C=O) groups is 1. The summed E-state index contributed by atoms with van der Waals surface area (Å²) < 4.78 is 0. The fourth-order valence-corrected chi connectivity index (χ4v) is 2.41. The minimum absolute atomic E-state index is 0.162. The van der Waals surface area contributed by atoms with Crippen LogP contribution in [0, 0.1) is 0 Å². The van der Waals surface area contributed by atoms with Crippen LogP contribution in [0.5, 0.6) is 5.75 Å². The van der Waals surface area contributed by atoms with E-state index in [9.17, 15) is 9.90 Å². The number of anilines is 1. The summed E-state index contributed by atoms with van der Waals surface area (Å²) in [5.74, 6) is -0.574. The first kappa shape index (κ1) is 14.7. The standard InChI is InChI=1S/C18H15N3O2/c1-19-21-16-14-10-6-5-7-12(14)11-15(17(16)22)18(23)20-13-8-3-2-4-9-13/h2-11,22H,1H3,(H,20,23). The van der Waals surface area contributed by atoms with E-state index >= 15 is 0 Å². The van der Waals surface area contributed by atoms with E-state index in [0.29, 0.717) is 11.4 Å². The zero-order valence-corrected chi connectivity index (χ0v) is 12.5. The number of nitrogens with one attached hydrogen (secondary N) is 1. The van der Waals surface area contributed by atoms with Crippen molar-refractivity contribution in [3.8, 4) is 5.75 Å². The fourth-order valence-electron chi connectivity index (χ4n) is 2.41. The van der Waals surface area contributed by atoms with Crippen molar-refractivity contribution < 1.29 is 9.90 Å². The summed E-state index contributed by atoms with van der Waals surface area (Å²) in [5, 5.41) is 22.5. The number of phenolic OH excluding ortho intramolecular Hbond substituents is 1. The molecule has 5 heteroatoms. The lowest BCUT2D eigenvalue weighted by atomic mass is 10.0. The van der Waals surface area contributed by atoms with E-state index in [1.54, 1.807) is 18.2 Å². The first-order chi connectivity index (χ1) is 11.2. The largest absolute Gasteiger partial charge is 0.505 e. The Morgan fingerprint density at radius 1 is 1.04 bits per heavy atom. The molecule has 0 unspecified atom stereocenters. The molecule has 0 saturated heterocycles. The third-order valence-electron chi connectivity index (χ3n) is 3.47. The lowest BCUT2D eigenvalue weighted by molar-refractivity contribution is 0.102. The quantitative estimate of drug-likeness (QED) is 0.698. The maximum atomic E-state index is 12.5. The van der Waals surface area contributed by atoms with Crippen LogP contribution >= 0.6 is 0 Å². The molecule has 0 aliphatic heterocycles. The van der Waals surface area contributed by atoms with Gasteiger partial charge in [0.25, 0.3) is 5.91 Å². The molecule has 0 aromatic heterocycles. The third kappa shape index (κ3) is 2.89. The van der Waals surface area contributed by atoms with Crippen molar-refractivity contribution in [3.63, 3.8) is 0 Å². The molecule has 0 aliphatic rings. The molecule has 3 aromatic rings. The molecule has 0 atom stereocenters. The lowest BCUT2D eigenvalue weighted by Crippen LogP contribution is -2.12. The molecule has 2 N–H and O–H groups in total.